The summed E-state index contributed by atoms with van der Waals surface area (Å²) in [7, 11) is 0. The monoisotopic (exact) mass is 212 g/mol. The molecule has 82 valence electrons. The summed E-state index contributed by atoms with van der Waals surface area (Å²) in [5.41, 5.74) is 0.211. The van der Waals surface area contributed by atoms with Gasteiger partial charge < -0.3 is 14.9 Å². The van der Waals surface area contributed by atoms with E-state index in [4.69, 9.17) is 9.63 Å². The summed E-state index contributed by atoms with van der Waals surface area (Å²) in [6.45, 7) is 2.01. The molecule has 6 heteroatoms. The Morgan fingerprint density at radius 3 is 2.87 bits per heavy atom. The molecule has 0 fully saturated rings. The Hall–Kier alpha value is -1.85. The fourth-order valence-corrected chi connectivity index (χ4v) is 1.01. The summed E-state index contributed by atoms with van der Waals surface area (Å²) in [5.74, 6) is -0.663. The average molecular weight is 212 g/mol. The summed E-state index contributed by atoms with van der Waals surface area (Å²) in [6.07, 6.45) is 0.441. The van der Waals surface area contributed by atoms with Gasteiger partial charge in [0.25, 0.3) is 5.91 Å². The molecular weight excluding hydrogens is 200 g/mol. The first-order valence-electron chi connectivity index (χ1n) is 4.53. The number of rotatable bonds is 5. The van der Waals surface area contributed by atoms with Gasteiger partial charge in [-0.3, -0.25) is 9.59 Å². The van der Waals surface area contributed by atoms with Gasteiger partial charge in [0.2, 0.25) is 0 Å². The first-order chi connectivity index (χ1) is 7.09. The predicted octanol–water partition coefficient (Wildman–Crippen LogP) is 0.578. The Balaban J connectivity index is 2.28. The van der Waals surface area contributed by atoms with Gasteiger partial charge >= 0.3 is 5.97 Å². The molecule has 0 saturated heterocycles. The number of carboxylic acid groups (broad SMARTS) is 1. The molecule has 0 unspecified atom stereocenters. The summed E-state index contributed by atoms with van der Waals surface area (Å²) in [4.78, 5) is 21.5. The lowest BCUT2D eigenvalue weighted by Crippen LogP contribution is -2.25. The number of carbonyl (C=O) groups excluding carboxylic acids is 1. The van der Waals surface area contributed by atoms with Gasteiger partial charge in [-0.1, -0.05) is 5.16 Å². The number of carboxylic acids is 1. The maximum Gasteiger partial charge on any atom is 0.303 e. The van der Waals surface area contributed by atoms with E-state index in [-0.39, 0.29) is 18.0 Å². The number of hydrogen-bond acceptors (Lipinski definition) is 4. The third-order valence-electron chi connectivity index (χ3n) is 1.71. The first kappa shape index (κ1) is 11.2. The van der Waals surface area contributed by atoms with Gasteiger partial charge in [-0.05, 0) is 13.3 Å². The second-order valence-electron chi connectivity index (χ2n) is 3.08. The first-order valence-corrected chi connectivity index (χ1v) is 4.53. The summed E-state index contributed by atoms with van der Waals surface area (Å²) >= 11 is 0. The van der Waals surface area contributed by atoms with Crippen LogP contribution in [0.2, 0.25) is 0 Å². The van der Waals surface area contributed by atoms with Crippen molar-refractivity contribution in [3.05, 3.63) is 17.5 Å². The zero-order valence-corrected chi connectivity index (χ0v) is 8.32. The van der Waals surface area contributed by atoms with Crippen LogP contribution < -0.4 is 5.32 Å². The van der Waals surface area contributed by atoms with Gasteiger partial charge in [-0.2, -0.15) is 0 Å². The highest BCUT2D eigenvalue weighted by molar-refractivity contribution is 5.92. The molecule has 0 aliphatic heterocycles. The van der Waals surface area contributed by atoms with Crippen molar-refractivity contribution in [1.29, 1.82) is 0 Å². The summed E-state index contributed by atoms with van der Waals surface area (Å²) in [5, 5.41) is 14.4. The molecule has 1 amide bonds. The largest absolute Gasteiger partial charge is 0.481 e. The highest BCUT2D eigenvalue weighted by Crippen LogP contribution is 2.00. The highest BCUT2D eigenvalue weighted by atomic mass is 16.5. The molecule has 0 saturated carbocycles. The third kappa shape index (κ3) is 3.80. The smallest absolute Gasteiger partial charge is 0.303 e. The van der Waals surface area contributed by atoms with Gasteiger partial charge in [-0.25, -0.2) is 0 Å². The lowest BCUT2D eigenvalue weighted by Gasteiger charge is -1.99. The molecule has 0 aliphatic rings. The van der Waals surface area contributed by atoms with Gasteiger partial charge in [0.1, 0.15) is 5.76 Å². The van der Waals surface area contributed by atoms with Crippen LogP contribution >= 0.6 is 0 Å². The molecular formula is C9H12N2O4. The topological polar surface area (TPSA) is 92.4 Å². The van der Waals surface area contributed by atoms with Crippen LogP contribution in [0, 0.1) is 6.92 Å². The van der Waals surface area contributed by atoms with Gasteiger partial charge in [0, 0.05) is 19.0 Å². The van der Waals surface area contributed by atoms with Gasteiger partial charge in [-0.15, -0.1) is 0 Å². The number of aryl methyl sites for hydroxylation is 1. The second kappa shape index (κ2) is 5.14. The predicted molar refractivity (Wildman–Crippen MR) is 50.4 cm³/mol. The number of aliphatic carboxylic acids is 1. The molecule has 0 atom stereocenters. The van der Waals surface area contributed by atoms with E-state index in [0.717, 1.165) is 0 Å². The zero-order valence-electron chi connectivity index (χ0n) is 8.32. The Morgan fingerprint density at radius 1 is 1.60 bits per heavy atom. The van der Waals surface area contributed by atoms with Crippen LogP contribution in [0.4, 0.5) is 0 Å². The van der Waals surface area contributed by atoms with Crippen LogP contribution in [-0.2, 0) is 4.79 Å². The molecule has 0 bridgehead atoms. The summed E-state index contributed by atoms with van der Waals surface area (Å²) < 4.78 is 4.73. The van der Waals surface area contributed by atoms with E-state index < -0.39 is 5.97 Å². The number of hydrogen-bond donors (Lipinski definition) is 2. The van der Waals surface area contributed by atoms with E-state index in [1.54, 1.807) is 6.92 Å². The second-order valence-corrected chi connectivity index (χ2v) is 3.08. The van der Waals surface area contributed by atoms with E-state index in [9.17, 15) is 9.59 Å². The Labute approximate surface area is 86.3 Å². The number of amides is 1. The van der Waals surface area contributed by atoms with Crippen molar-refractivity contribution in [3.8, 4) is 0 Å². The van der Waals surface area contributed by atoms with Crippen molar-refractivity contribution in [1.82, 2.24) is 10.5 Å². The van der Waals surface area contributed by atoms with E-state index in [1.807, 2.05) is 0 Å². The molecule has 0 radical (unpaired) electrons. The maximum atomic E-state index is 11.3. The lowest BCUT2D eigenvalue weighted by molar-refractivity contribution is -0.137. The van der Waals surface area contributed by atoms with Crippen LogP contribution in [0.5, 0.6) is 0 Å². The normalized spacial score (nSPS) is 9.93. The van der Waals surface area contributed by atoms with E-state index >= 15 is 0 Å². The molecule has 0 aromatic carbocycles. The molecule has 15 heavy (non-hydrogen) atoms. The van der Waals surface area contributed by atoms with Crippen LogP contribution in [0.1, 0.15) is 29.1 Å². The van der Waals surface area contributed by atoms with Crippen LogP contribution in [0.25, 0.3) is 0 Å². The molecule has 1 heterocycles. The summed E-state index contributed by atoms with van der Waals surface area (Å²) in [6, 6.07) is 1.52. The highest BCUT2D eigenvalue weighted by Gasteiger charge is 2.09. The molecule has 0 spiro atoms. The Morgan fingerprint density at radius 2 is 2.33 bits per heavy atom. The SMILES string of the molecule is Cc1cc(C(=O)NCCCC(=O)O)no1. The molecule has 1 aromatic rings. The molecule has 6 nitrogen and oxygen atoms in total. The minimum atomic E-state index is -0.874. The fourth-order valence-electron chi connectivity index (χ4n) is 1.01. The Bertz CT molecular complexity index is 359. The minimum absolute atomic E-state index is 0.0398. The fraction of sp³-hybridized carbons (Fsp3) is 0.444. The van der Waals surface area contributed by atoms with Crippen molar-refractivity contribution in [2.75, 3.05) is 6.54 Å². The average Bonchev–Trinajstić information content (AvgIpc) is 2.59. The van der Waals surface area contributed by atoms with Crippen molar-refractivity contribution in [3.63, 3.8) is 0 Å². The van der Waals surface area contributed by atoms with E-state index in [1.165, 1.54) is 6.07 Å². The van der Waals surface area contributed by atoms with Crippen LogP contribution in [0.3, 0.4) is 0 Å². The van der Waals surface area contributed by atoms with Gasteiger partial charge in [0.05, 0.1) is 0 Å². The minimum Gasteiger partial charge on any atom is -0.481 e. The zero-order chi connectivity index (χ0) is 11.3. The number of nitrogens with zero attached hydrogens (tertiary/aromatic N) is 1. The van der Waals surface area contributed by atoms with Crippen LogP contribution in [-0.4, -0.2) is 28.7 Å². The number of aromatic nitrogens is 1. The molecule has 2 N–H and O–H groups in total. The van der Waals surface area contributed by atoms with E-state index in [2.05, 4.69) is 10.5 Å². The quantitative estimate of drug-likeness (QED) is 0.696. The standard InChI is InChI=1S/C9H12N2O4/c1-6-5-7(11-15-6)9(14)10-4-2-3-8(12)13/h5H,2-4H2,1H3,(H,10,14)(H,12,13). The molecule has 0 aliphatic carbocycles. The van der Waals surface area contributed by atoms with Crippen molar-refractivity contribution in [2.24, 2.45) is 0 Å². The van der Waals surface area contributed by atoms with Crippen molar-refractivity contribution < 1.29 is 19.2 Å². The van der Waals surface area contributed by atoms with Crippen molar-refractivity contribution in [2.45, 2.75) is 19.8 Å². The third-order valence-corrected chi connectivity index (χ3v) is 1.71. The molecule has 1 aromatic heterocycles. The number of nitrogens with one attached hydrogen (secondary N) is 1. The lowest BCUT2D eigenvalue weighted by atomic mass is 10.3. The molecule has 1 rings (SSSR count). The maximum absolute atomic E-state index is 11.3. The van der Waals surface area contributed by atoms with Crippen molar-refractivity contribution >= 4 is 11.9 Å². The van der Waals surface area contributed by atoms with Crippen LogP contribution in [0.15, 0.2) is 10.6 Å². The van der Waals surface area contributed by atoms with Gasteiger partial charge in [0.15, 0.2) is 5.69 Å². The van der Waals surface area contributed by atoms with E-state index in [0.29, 0.717) is 18.7 Å². The number of carbonyl (C=O) groups is 2. The Kier molecular flexibility index (Phi) is 3.84.